The van der Waals surface area contributed by atoms with Crippen LogP contribution in [0.25, 0.3) is 0 Å². The van der Waals surface area contributed by atoms with Gasteiger partial charge in [0.25, 0.3) is 11.8 Å². The van der Waals surface area contributed by atoms with Gasteiger partial charge in [-0.1, -0.05) is 23.8 Å². The minimum Gasteiger partial charge on any atom is -0.497 e. The number of amides is 2. The summed E-state index contributed by atoms with van der Waals surface area (Å²) in [5.41, 5.74) is 4.51. The standard InChI is InChI=1S/C20H22N4O4/c1-14-6-8-15(9-7-14)24-18(25)13-22-19(23-24)20(26)21-10-11-28-17-5-3-4-16(12-17)27-2/h3-9,12H,10-11,13H2,1-2H3,(H,21,26)(H,22,23). The van der Waals surface area contributed by atoms with Crippen LogP contribution in [0.1, 0.15) is 5.56 Å². The number of carbonyl (C=O) groups excluding carboxylic acids is 2. The molecular formula is C20H22N4O4. The maximum absolute atomic E-state index is 12.3. The number of rotatable bonds is 7. The van der Waals surface area contributed by atoms with E-state index in [0.29, 0.717) is 17.2 Å². The van der Waals surface area contributed by atoms with Crippen LogP contribution in [0, 0.1) is 6.92 Å². The van der Waals surface area contributed by atoms with Crippen LogP contribution in [0.3, 0.4) is 0 Å². The fourth-order valence-electron chi connectivity index (χ4n) is 2.55. The van der Waals surface area contributed by atoms with Gasteiger partial charge in [-0.05, 0) is 31.2 Å². The lowest BCUT2D eigenvalue weighted by Crippen LogP contribution is -2.56. The lowest BCUT2D eigenvalue weighted by Gasteiger charge is -2.27. The molecule has 3 rings (SSSR count). The van der Waals surface area contributed by atoms with Crippen molar-refractivity contribution in [2.45, 2.75) is 6.92 Å². The van der Waals surface area contributed by atoms with Crippen LogP contribution in [0.4, 0.5) is 5.69 Å². The molecule has 0 atom stereocenters. The highest BCUT2D eigenvalue weighted by Gasteiger charge is 2.25. The van der Waals surface area contributed by atoms with Gasteiger partial charge >= 0.3 is 0 Å². The third kappa shape index (κ3) is 4.79. The summed E-state index contributed by atoms with van der Waals surface area (Å²) in [4.78, 5) is 28.4. The van der Waals surface area contributed by atoms with Gasteiger partial charge in [0.1, 0.15) is 24.7 Å². The maximum Gasteiger partial charge on any atom is 0.288 e. The van der Waals surface area contributed by atoms with Crippen LogP contribution >= 0.6 is 0 Å². The molecule has 0 saturated carbocycles. The van der Waals surface area contributed by atoms with Crippen LogP contribution in [0.2, 0.25) is 0 Å². The highest BCUT2D eigenvalue weighted by atomic mass is 16.5. The van der Waals surface area contributed by atoms with E-state index in [2.05, 4.69) is 15.7 Å². The molecule has 0 bridgehead atoms. The van der Waals surface area contributed by atoms with Crippen molar-refractivity contribution in [3.8, 4) is 11.5 Å². The lowest BCUT2D eigenvalue weighted by molar-refractivity contribution is -0.118. The summed E-state index contributed by atoms with van der Waals surface area (Å²) in [6, 6.07) is 14.6. The Balaban J connectivity index is 1.51. The quantitative estimate of drug-likeness (QED) is 0.707. The first-order valence-corrected chi connectivity index (χ1v) is 8.82. The molecule has 2 amide bonds. The Morgan fingerprint density at radius 2 is 1.96 bits per heavy atom. The Bertz CT molecular complexity index is 880. The molecule has 0 spiro atoms. The van der Waals surface area contributed by atoms with Crippen LogP contribution in [-0.4, -0.2) is 44.5 Å². The summed E-state index contributed by atoms with van der Waals surface area (Å²) in [5, 5.41) is 4.05. The van der Waals surface area contributed by atoms with Gasteiger partial charge in [-0.3, -0.25) is 20.0 Å². The van der Waals surface area contributed by atoms with E-state index in [1.807, 2.05) is 49.4 Å². The minimum atomic E-state index is -0.404. The molecule has 8 nitrogen and oxygen atoms in total. The Labute approximate surface area is 163 Å². The number of nitrogens with one attached hydrogen (secondary N) is 2. The van der Waals surface area contributed by atoms with E-state index in [1.165, 1.54) is 5.01 Å². The highest BCUT2D eigenvalue weighted by Crippen LogP contribution is 2.18. The van der Waals surface area contributed by atoms with Crippen LogP contribution in [0.5, 0.6) is 11.5 Å². The molecule has 0 radical (unpaired) electrons. The first kappa shape index (κ1) is 19.2. The van der Waals surface area contributed by atoms with E-state index in [0.717, 1.165) is 5.56 Å². The molecule has 1 aliphatic heterocycles. The summed E-state index contributed by atoms with van der Waals surface area (Å²) in [5.74, 6) is 0.795. The number of aliphatic imine (C=N–C) groups is 1. The van der Waals surface area contributed by atoms with Gasteiger partial charge < -0.3 is 14.8 Å². The second kappa shape index (κ2) is 8.90. The summed E-state index contributed by atoms with van der Waals surface area (Å²) in [7, 11) is 1.59. The predicted octanol–water partition coefficient (Wildman–Crippen LogP) is 1.45. The van der Waals surface area contributed by atoms with E-state index in [1.54, 1.807) is 13.2 Å². The molecule has 2 aromatic carbocycles. The van der Waals surface area contributed by atoms with Crippen molar-refractivity contribution < 1.29 is 19.1 Å². The molecular weight excluding hydrogens is 360 g/mol. The smallest absolute Gasteiger partial charge is 0.288 e. The largest absolute Gasteiger partial charge is 0.497 e. The zero-order valence-electron chi connectivity index (χ0n) is 15.8. The average molecular weight is 382 g/mol. The van der Waals surface area contributed by atoms with E-state index < -0.39 is 5.91 Å². The summed E-state index contributed by atoms with van der Waals surface area (Å²) in [6.45, 7) is 2.44. The number of hydrazine groups is 1. The second-order valence-electron chi connectivity index (χ2n) is 6.12. The molecule has 1 aliphatic rings. The number of carbonyl (C=O) groups is 2. The topological polar surface area (TPSA) is 92.3 Å². The van der Waals surface area contributed by atoms with Crippen molar-refractivity contribution >= 4 is 23.3 Å². The first-order chi connectivity index (χ1) is 13.6. The third-order valence-electron chi connectivity index (χ3n) is 4.04. The van der Waals surface area contributed by atoms with Gasteiger partial charge in [-0.25, -0.2) is 5.01 Å². The van der Waals surface area contributed by atoms with Crippen LogP contribution in [-0.2, 0) is 9.59 Å². The van der Waals surface area contributed by atoms with Crippen molar-refractivity contribution in [2.75, 3.05) is 31.8 Å². The molecule has 2 N–H and O–H groups in total. The van der Waals surface area contributed by atoms with Crippen LogP contribution in [0.15, 0.2) is 53.5 Å². The number of aryl methyl sites for hydroxylation is 1. The Morgan fingerprint density at radius 1 is 1.21 bits per heavy atom. The van der Waals surface area contributed by atoms with Gasteiger partial charge in [0.2, 0.25) is 5.84 Å². The number of ether oxygens (including phenoxy) is 2. The molecule has 0 unspecified atom stereocenters. The van der Waals surface area contributed by atoms with Crippen molar-refractivity contribution in [3.05, 3.63) is 54.1 Å². The number of hydrogen-bond acceptors (Lipinski definition) is 6. The third-order valence-corrected chi connectivity index (χ3v) is 4.04. The number of anilines is 1. The van der Waals surface area contributed by atoms with Crippen molar-refractivity contribution in [1.82, 2.24) is 10.7 Å². The van der Waals surface area contributed by atoms with Crippen molar-refractivity contribution in [2.24, 2.45) is 4.99 Å². The normalized spacial score (nSPS) is 13.4. The minimum absolute atomic E-state index is 0.0848. The summed E-state index contributed by atoms with van der Waals surface area (Å²) in [6.07, 6.45) is 0. The van der Waals surface area contributed by atoms with Gasteiger partial charge in [-0.15, -0.1) is 0 Å². The zero-order chi connectivity index (χ0) is 19.9. The van der Waals surface area contributed by atoms with E-state index in [4.69, 9.17) is 9.47 Å². The Morgan fingerprint density at radius 3 is 2.71 bits per heavy atom. The van der Waals surface area contributed by atoms with Gasteiger partial charge in [0.05, 0.1) is 19.3 Å². The average Bonchev–Trinajstić information content (AvgIpc) is 2.72. The van der Waals surface area contributed by atoms with Gasteiger partial charge in [0, 0.05) is 6.07 Å². The fraction of sp³-hybridized carbons (Fsp3) is 0.250. The van der Waals surface area contributed by atoms with Gasteiger partial charge in [-0.2, -0.15) is 0 Å². The molecule has 146 valence electrons. The SMILES string of the molecule is COc1cccc(OCCNC(=O)C2=NCC(=O)N(c3ccc(C)cc3)N2)c1. The van der Waals surface area contributed by atoms with Crippen molar-refractivity contribution in [1.29, 1.82) is 0 Å². The molecule has 0 aromatic heterocycles. The molecule has 0 fully saturated rings. The summed E-state index contributed by atoms with van der Waals surface area (Å²) < 4.78 is 10.7. The maximum atomic E-state index is 12.3. The molecule has 0 saturated heterocycles. The fourth-order valence-corrected chi connectivity index (χ4v) is 2.55. The van der Waals surface area contributed by atoms with E-state index in [-0.39, 0.29) is 31.4 Å². The first-order valence-electron chi connectivity index (χ1n) is 8.82. The molecule has 0 aliphatic carbocycles. The number of amidine groups is 1. The Kier molecular flexibility index (Phi) is 6.11. The van der Waals surface area contributed by atoms with E-state index >= 15 is 0 Å². The highest BCUT2D eigenvalue weighted by molar-refractivity contribution is 6.39. The second-order valence-corrected chi connectivity index (χ2v) is 6.12. The molecule has 2 aromatic rings. The summed E-state index contributed by atoms with van der Waals surface area (Å²) >= 11 is 0. The van der Waals surface area contributed by atoms with Gasteiger partial charge in [0.15, 0.2) is 0 Å². The number of nitrogens with zero attached hydrogens (tertiary/aromatic N) is 2. The zero-order valence-corrected chi connectivity index (χ0v) is 15.8. The predicted molar refractivity (Wildman–Crippen MR) is 106 cm³/mol. The number of hydrogen-bond donors (Lipinski definition) is 2. The van der Waals surface area contributed by atoms with Crippen LogP contribution < -0.4 is 25.2 Å². The monoisotopic (exact) mass is 382 g/mol. The Hall–Kier alpha value is -3.55. The molecule has 28 heavy (non-hydrogen) atoms. The van der Waals surface area contributed by atoms with E-state index in [9.17, 15) is 9.59 Å². The van der Waals surface area contributed by atoms with Crippen molar-refractivity contribution in [3.63, 3.8) is 0 Å². The molecule has 1 heterocycles. The molecule has 8 heteroatoms. The number of benzene rings is 2. The lowest BCUT2D eigenvalue weighted by atomic mass is 10.2. The number of methoxy groups -OCH3 is 1.